The average molecular weight is 282 g/mol. The second-order valence-corrected chi connectivity index (χ2v) is 6.30. The molecule has 0 aromatic rings. The number of hydrogen-bond acceptors (Lipinski definition) is 3. The molecule has 20 heavy (non-hydrogen) atoms. The molecule has 0 aromatic heterocycles. The molecular formula is C14H26N4O2. The lowest BCUT2D eigenvalue weighted by Gasteiger charge is -2.24. The fourth-order valence-electron chi connectivity index (χ4n) is 2.64. The minimum absolute atomic E-state index is 0.299. The van der Waals surface area contributed by atoms with Crippen LogP contribution >= 0.6 is 0 Å². The van der Waals surface area contributed by atoms with Crippen molar-refractivity contribution < 1.29 is 9.53 Å². The van der Waals surface area contributed by atoms with E-state index in [0.717, 1.165) is 25.3 Å². The lowest BCUT2D eigenvalue weighted by molar-refractivity contribution is -0.125. The number of primary amides is 1. The molecule has 0 radical (unpaired) electrons. The molecule has 6 nitrogen and oxygen atoms in total. The van der Waals surface area contributed by atoms with Crippen molar-refractivity contribution in [2.75, 3.05) is 13.1 Å². The van der Waals surface area contributed by atoms with Gasteiger partial charge in [-0.15, -0.1) is 0 Å². The Morgan fingerprint density at radius 1 is 1.45 bits per heavy atom. The van der Waals surface area contributed by atoms with Gasteiger partial charge in [0.1, 0.15) is 0 Å². The summed E-state index contributed by atoms with van der Waals surface area (Å²) in [5.74, 6) is 0.406. The van der Waals surface area contributed by atoms with Crippen molar-refractivity contribution in [1.82, 2.24) is 10.6 Å². The molecule has 2 fully saturated rings. The van der Waals surface area contributed by atoms with E-state index in [4.69, 9.17) is 10.5 Å². The average Bonchev–Trinajstić information content (AvgIpc) is 2.98. The SMILES string of the molecule is CCNC(=NCC(C)(C)C(N)=O)NC1CC2CCC1O2. The normalized spacial score (nSPS) is 29.6. The van der Waals surface area contributed by atoms with Crippen LogP contribution in [0.15, 0.2) is 4.99 Å². The number of hydrogen-bond donors (Lipinski definition) is 3. The summed E-state index contributed by atoms with van der Waals surface area (Å²) in [7, 11) is 0. The Bertz CT molecular complexity index is 395. The van der Waals surface area contributed by atoms with Crippen molar-refractivity contribution in [3.8, 4) is 0 Å². The highest BCUT2D eigenvalue weighted by Crippen LogP contribution is 2.34. The molecule has 1 amide bonds. The highest BCUT2D eigenvalue weighted by Gasteiger charge is 2.41. The summed E-state index contributed by atoms with van der Waals surface area (Å²) in [6.07, 6.45) is 4.03. The Balaban J connectivity index is 1.94. The van der Waals surface area contributed by atoms with Gasteiger partial charge in [-0.05, 0) is 40.0 Å². The second kappa shape index (κ2) is 5.99. The van der Waals surface area contributed by atoms with Gasteiger partial charge in [0, 0.05) is 6.54 Å². The Hall–Kier alpha value is -1.30. The van der Waals surface area contributed by atoms with Crippen molar-refractivity contribution in [2.45, 2.75) is 58.3 Å². The van der Waals surface area contributed by atoms with Crippen LogP contribution in [0.1, 0.15) is 40.0 Å². The first-order chi connectivity index (χ1) is 9.42. The maximum atomic E-state index is 11.3. The molecule has 2 rings (SSSR count). The Kier molecular flexibility index (Phi) is 4.52. The van der Waals surface area contributed by atoms with Crippen LogP contribution in [-0.2, 0) is 9.53 Å². The monoisotopic (exact) mass is 282 g/mol. The fourth-order valence-corrected chi connectivity index (χ4v) is 2.64. The van der Waals surface area contributed by atoms with Crippen molar-refractivity contribution in [3.05, 3.63) is 0 Å². The van der Waals surface area contributed by atoms with Crippen molar-refractivity contribution in [3.63, 3.8) is 0 Å². The van der Waals surface area contributed by atoms with Gasteiger partial charge in [0.15, 0.2) is 5.96 Å². The van der Waals surface area contributed by atoms with Crippen LogP contribution in [0.5, 0.6) is 0 Å². The number of aliphatic imine (C=N–C) groups is 1. The fraction of sp³-hybridized carbons (Fsp3) is 0.857. The summed E-state index contributed by atoms with van der Waals surface area (Å²) in [5.41, 5.74) is 4.74. The van der Waals surface area contributed by atoms with E-state index < -0.39 is 5.41 Å². The number of rotatable bonds is 5. The Morgan fingerprint density at radius 3 is 2.70 bits per heavy atom. The third-order valence-corrected chi connectivity index (χ3v) is 4.07. The van der Waals surface area contributed by atoms with Gasteiger partial charge < -0.3 is 21.1 Å². The number of nitrogens with one attached hydrogen (secondary N) is 2. The lowest BCUT2D eigenvalue weighted by atomic mass is 9.93. The number of nitrogens with two attached hydrogens (primary N) is 1. The summed E-state index contributed by atoms with van der Waals surface area (Å²) in [6, 6.07) is 0.322. The number of guanidine groups is 1. The van der Waals surface area contributed by atoms with E-state index in [1.165, 1.54) is 6.42 Å². The van der Waals surface area contributed by atoms with Gasteiger partial charge in [-0.3, -0.25) is 9.79 Å². The summed E-state index contributed by atoms with van der Waals surface area (Å²) >= 11 is 0. The van der Waals surface area contributed by atoms with E-state index in [1.807, 2.05) is 20.8 Å². The van der Waals surface area contributed by atoms with Gasteiger partial charge in [-0.1, -0.05) is 0 Å². The zero-order chi connectivity index (χ0) is 14.8. The predicted molar refractivity (Wildman–Crippen MR) is 78.4 cm³/mol. The molecule has 2 bridgehead atoms. The molecule has 3 unspecified atom stereocenters. The van der Waals surface area contributed by atoms with Gasteiger partial charge in [-0.2, -0.15) is 0 Å². The molecule has 3 atom stereocenters. The molecule has 0 saturated carbocycles. The standard InChI is InChI=1S/C14H26N4O2/c1-4-16-13(17-8-14(2,3)12(15)19)18-10-7-9-5-6-11(10)20-9/h9-11H,4-8H2,1-3H3,(H2,15,19)(H2,16,17,18). The summed E-state index contributed by atoms with van der Waals surface area (Å²) < 4.78 is 5.83. The van der Waals surface area contributed by atoms with E-state index >= 15 is 0 Å². The summed E-state index contributed by atoms with van der Waals surface area (Å²) in [4.78, 5) is 15.8. The predicted octanol–water partition coefficient (Wildman–Crippen LogP) is 0.373. The molecule has 2 heterocycles. The Labute approximate surface area is 120 Å². The number of carbonyl (C=O) groups is 1. The van der Waals surface area contributed by atoms with Crippen LogP contribution in [0.25, 0.3) is 0 Å². The number of fused-ring (bicyclic) bond motifs is 2. The maximum Gasteiger partial charge on any atom is 0.224 e. The zero-order valence-corrected chi connectivity index (χ0v) is 12.6. The van der Waals surface area contributed by atoms with Crippen LogP contribution in [0.2, 0.25) is 0 Å². The third kappa shape index (κ3) is 3.42. The van der Waals surface area contributed by atoms with Crippen molar-refractivity contribution in [1.29, 1.82) is 0 Å². The lowest BCUT2D eigenvalue weighted by Crippen LogP contribution is -2.48. The molecule has 4 N–H and O–H groups in total. The largest absolute Gasteiger partial charge is 0.373 e. The first-order valence-electron chi connectivity index (χ1n) is 7.42. The van der Waals surface area contributed by atoms with E-state index in [0.29, 0.717) is 24.8 Å². The topological polar surface area (TPSA) is 88.7 Å². The first-order valence-corrected chi connectivity index (χ1v) is 7.42. The van der Waals surface area contributed by atoms with Crippen LogP contribution in [0.3, 0.4) is 0 Å². The quantitative estimate of drug-likeness (QED) is 0.502. The van der Waals surface area contributed by atoms with Crippen LogP contribution in [-0.4, -0.2) is 43.2 Å². The van der Waals surface area contributed by atoms with Crippen LogP contribution in [0.4, 0.5) is 0 Å². The molecule has 0 spiro atoms. The van der Waals surface area contributed by atoms with E-state index in [-0.39, 0.29) is 5.91 Å². The number of ether oxygens (including phenoxy) is 1. The van der Waals surface area contributed by atoms with Gasteiger partial charge in [0.2, 0.25) is 5.91 Å². The number of nitrogens with zero attached hydrogens (tertiary/aromatic N) is 1. The summed E-state index contributed by atoms with van der Waals surface area (Å²) in [5, 5.41) is 6.63. The smallest absolute Gasteiger partial charge is 0.224 e. The minimum Gasteiger partial charge on any atom is -0.373 e. The molecule has 2 aliphatic heterocycles. The molecule has 0 aliphatic carbocycles. The maximum absolute atomic E-state index is 11.3. The molecule has 114 valence electrons. The van der Waals surface area contributed by atoms with Crippen molar-refractivity contribution >= 4 is 11.9 Å². The van der Waals surface area contributed by atoms with Gasteiger partial charge in [-0.25, -0.2) is 0 Å². The van der Waals surface area contributed by atoms with Crippen LogP contribution in [0, 0.1) is 5.41 Å². The zero-order valence-electron chi connectivity index (χ0n) is 12.6. The molecule has 2 aliphatic rings. The van der Waals surface area contributed by atoms with E-state index in [9.17, 15) is 4.79 Å². The Morgan fingerprint density at radius 2 is 2.20 bits per heavy atom. The highest BCUT2D eigenvalue weighted by atomic mass is 16.5. The molecular weight excluding hydrogens is 256 g/mol. The summed E-state index contributed by atoms with van der Waals surface area (Å²) in [6.45, 7) is 6.80. The van der Waals surface area contributed by atoms with Crippen LogP contribution < -0.4 is 16.4 Å². The number of amides is 1. The molecule has 0 aromatic carbocycles. The highest BCUT2D eigenvalue weighted by molar-refractivity contribution is 5.82. The minimum atomic E-state index is -0.631. The van der Waals surface area contributed by atoms with Crippen molar-refractivity contribution in [2.24, 2.45) is 16.1 Å². The number of carbonyl (C=O) groups excluding carboxylic acids is 1. The van der Waals surface area contributed by atoms with Gasteiger partial charge >= 0.3 is 0 Å². The van der Waals surface area contributed by atoms with Gasteiger partial charge in [0.25, 0.3) is 0 Å². The van der Waals surface area contributed by atoms with Gasteiger partial charge in [0.05, 0.1) is 30.2 Å². The second-order valence-electron chi connectivity index (χ2n) is 6.30. The first kappa shape index (κ1) is 15.1. The third-order valence-electron chi connectivity index (χ3n) is 4.07. The molecule has 2 saturated heterocycles. The van der Waals surface area contributed by atoms with E-state index in [2.05, 4.69) is 15.6 Å². The van der Waals surface area contributed by atoms with E-state index in [1.54, 1.807) is 0 Å². The molecule has 6 heteroatoms.